The van der Waals surface area contributed by atoms with Crippen LogP contribution in [0, 0.1) is 0 Å². The molecule has 0 bridgehead atoms. The van der Waals surface area contributed by atoms with Gasteiger partial charge >= 0.3 is 11.9 Å². The van der Waals surface area contributed by atoms with Gasteiger partial charge in [-0.1, -0.05) is 0 Å². The Kier molecular flexibility index (Phi) is 5.98. The molecule has 0 aliphatic heterocycles. The Balaban J connectivity index is 3.46. The van der Waals surface area contributed by atoms with Crippen LogP contribution in [0.2, 0.25) is 0 Å². The fourth-order valence-electron chi connectivity index (χ4n) is 0.611. The largest absolute Gasteiger partial charge is 0.477 e. The smallest absolute Gasteiger partial charge is 0.375 e. The molecular weight excluding hydrogens is 200 g/mol. The normalized spacial score (nSPS) is 11.6. The lowest BCUT2D eigenvalue weighted by Crippen LogP contribution is -2.31. The van der Waals surface area contributed by atoms with Crippen molar-refractivity contribution in [3.8, 4) is 0 Å². The molecule has 0 rings (SSSR count). The van der Waals surface area contributed by atoms with Crippen LogP contribution in [0.4, 0.5) is 8.78 Å². The first-order valence-electron chi connectivity index (χ1n) is 3.89. The van der Waals surface area contributed by atoms with Crippen LogP contribution in [0.3, 0.4) is 0 Å². The zero-order valence-electron chi connectivity index (χ0n) is 7.13. The van der Waals surface area contributed by atoms with E-state index < -0.39 is 17.6 Å². The molecule has 0 atom stereocenters. The zero-order valence-corrected chi connectivity index (χ0v) is 7.95. The third-order valence-corrected chi connectivity index (χ3v) is 2.48. The van der Waals surface area contributed by atoms with Crippen LogP contribution in [-0.4, -0.2) is 35.0 Å². The third kappa shape index (κ3) is 5.81. The minimum absolute atomic E-state index is 0.528. The first-order chi connectivity index (χ1) is 6.00. The van der Waals surface area contributed by atoms with Gasteiger partial charge in [0, 0.05) is 0 Å². The number of rotatable bonds is 7. The highest BCUT2D eigenvalue weighted by Gasteiger charge is 2.38. The number of hydrogen-bond acceptors (Lipinski definition) is 3. The molecule has 0 aromatic carbocycles. The van der Waals surface area contributed by atoms with E-state index in [4.69, 9.17) is 10.8 Å². The molecule has 0 spiro atoms. The maximum absolute atomic E-state index is 12.4. The lowest BCUT2D eigenvalue weighted by Gasteiger charge is -2.09. The molecule has 0 fully saturated rings. The Bertz CT molecular complexity index is 167. The van der Waals surface area contributed by atoms with Gasteiger partial charge < -0.3 is 10.8 Å². The zero-order chi connectivity index (χ0) is 10.3. The van der Waals surface area contributed by atoms with Gasteiger partial charge in [-0.2, -0.15) is 20.5 Å². The number of carbonyl (C=O) groups is 1. The number of thioether (sulfide) groups is 1. The number of carboxylic acid groups (broad SMARTS) is 1. The number of alkyl halides is 2. The van der Waals surface area contributed by atoms with Crippen molar-refractivity contribution < 1.29 is 18.7 Å². The number of halogens is 2. The lowest BCUT2D eigenvalue weighted by atomic mass is 10.3. The highest BCUT2D eigenvalue weighted by molar-refractivity contribution is 7.99. The summed E-state index contributed by atoms with van der Waals surface area (Å²) in [6, 6.07) is 0. The summed E-state index contributed by atoms with van der Waals surface area (Å²) in [6.07, 6.45) is 1.53. The van der Waals surface area contributed by atoms with Crippen LogP contribution < -0.4 is 5.73 Å². The van der Waals surface area contributed by atoms with Gasteiger partial charge in [-0.05, 0) is 25.1 Å². The van der Waals surface area contributed by atoms with Gasteiger partial charge in [-0.3, -0.25) is 0 Å². The van der Waals surface area contributed by atoms with Crippen molar-refractivity contribution in [2.45, 2.75) is 18.8 Å². The van der Waals surface area contributed by atoms with Crippen LogP contribution in [0.25, 0.3) is 0 Å². The Labute approximate surface area is 79.7 Å². The van der Waals surface area contributed by atoms with Gasteiger partial charge in [-0.25, -0.2) is 4.79 Å². The molecule has 0 aromatic heterocycles. The van der Waals surface area contributed by atoms with Crippen LogP contribution in [-0.2, 0) is 4.79 Å². The maximum atomic E-state index is 12.4. The summed E-state index contributed by atoms with van der Waals surface area (Å²) < 4.78 is 24.8. The van der Waals surface area contributed by atoms with Gasteiger partial charge in [0.25, 0.3) is 0 Å². The lowest BCUT2D eigenvalue weighted by molar-refractivity contribution is -0.161. The standard InChI is InChI=1S/C7H13F2NO2S/c8-7(9,6(11)12)5-13-4-2-1-3-10/h1-5,10H2,(H,11,12). The molecule has 0 heterocycles. The SMILES string of the molecule is NCCCCSCC(F)(F)C(=O)O. The summed E-state index contributed by atoms with van der Waals surface area (Å²) in [7, 11) is 0. The average Bonchev–Trinajstić information content (AvgIpc) is 2.03. The molecule has 0 unspecified atom stereocenters. The van der Waals surface area contributed by atoms with E-state index in [2.05, 4.69) is 0 Å². The Morgan fingerprint density at radius 1 is 1.46 bits per heavy atom. The topological polar surface area (TPSA) is 63.3 Å². The molecule has 6 heteroatoms. The molecule has 0 amide bonds. The second kappa shape index (κ2) is 6.15. The molecule has 0 aliphatic rings. The number of carboxylic acids is 1. The molecule has 0 radical (unpaired) electrons. The van der Waals surface area contributed by atoms with Crippen molar-refractivity contribution in [3.63, 3.8) is 0 Å². The minimum Gasteiger partial charge on any atom is -0.477 e. The van der Waals surface area contributed by atoms with E-state index >= 15 is 0 Å². The highest BCUT2D eigenvalue weighted by atomic mass is 32.2. The van der Waals surface area contributed by atoms with Crippen molar-refractivity contribution in [1.82, 2.24) is 0 Å². The predicted molar refractivity (Wildman–Crippen MR) is 48.2 cm³/mol. The molecule has 0 saturated carbocycles. The van der Waals surface area contributed by atoms with Crippen molar-refractivity contribution in [3.05, 3.63) is 0 Å². The Morgan fingerprint density at radius 2 is 2.08 bits per heavy atom. The predicted octanol–water partition coefficient (Wildman–Crippen LogP) is 1.18. The van der Waals surface area contributed by atoms with Gasteiger partial charge in [0.05, 0.1) is 5.75 Å². The van der Waals surface area contributed by atoms with Gasteiger partial charge in [0.15, 0.2) is 0 Å². The molecule has 3 N–H and O–H groups in total. The second-order valence-corrected chi connectivity index (χ2v) is 3.66. The quantitative estimate of drug-likeness (QED) is 0.623. The molecular formula is C7H13F2NO2S. The second-order valence-electron chi connectivity index (χ2n) is 2.56. The summed E-state index contributed by atoms with van der Waals surface area (Å²) in [5.74, 6) is -5.79. The highest BCUT2D eigenvalue weighted by Crippen LogP contribution is 2.20. The van der Waals surface area contributed by atoms with Crippen molar-refractivity contribution in [2.75, 3.05) is 18.1 Å². The van der Waals surface area contributed by atoms with E-state index in [1.165, 1.54) is 0 Å². The summed E-state index contributed by atoms with van der Waals surface area (Å²) in [5.41, 5.74) is 5.19. The molecule has 78 valence electrons. The molecule has 0 aromatic rings. The van der Waals surface area contributed by atoms with Crippen LogP contribution in [0.15, 0.2) is 0 Å². The van der Waals surface area contributed by atoms with Crippen LogP contribution >= 0.6 is 11.8 Å². The van der Waals surface area contributed by atoms with Crippen molar-refractivity contribution >= 4 is 17.7 Å². The van der Waals surface area contributed by atoms with E-state index in [0.29, 0.717) is 12.3 Å². The van der Waals surface area contributed by atoms with Crippen LogP contribution in [0.1, 0.15) is 12.8 Å². The number of unbranched alkanes of at least 4 members (excludes halogenated alkanes) is 1. The fourth-order valence-corrected chi connectivity index (χ4v) is 1.54. The summed E-state index contributed by atoms with van der Waals surface area (Å²) in [5, 5.41) is 8.06. The number of nitrogens with two attached hydrogens (primary N) is 1. The number of hydrogen-bond donors (Lipinski definition) is 2. The third-order valence-electron chi connectivity index (χ3n) is 1.34. The Hall–Kier alpha value is -0.360. The summed E-state index contributed by atoms with van der Waals surface area (Å²) in [4.78, 5) is 9.96. The first-order valence-corrected chi connectivity index (χ1v) is 5.05. The Morgan fingerprint density at radius 3 is 2.54 bits per heavy atom. The minimum atomic E-state index is -3.60. The summed E-state index contributed by atoms with van der Waals surface area (Å²) in [6.45, 7) is 0.538. The van der Waals surface area contributed by atoms with Gasteiger partial charge in [0.2, 0.25) is 0 Å². The molecule has 13 heavy (non-hydrogen) atoms. The number of aliphatic carboxylic acids is 1. The van der Waals surface area contributed by atoms with Gasteiger partial charge in [-0.15, -0.1) is 0 Å². The van der Waals surface area contributed by atoms with E-state index in [1.54, 1.807) is 0 Å². The van der Waals surface area contributed by atoms with Gasteiger partial charge in [0.1, 0.15) is 0 Å². The fraction of sp³-hybridized carbons (Fsp3) is 0.857. The molecule has 0 aliphatic carbocycles. The van der Waals surface area contributed by atoms with E-state index in [9.17, 15) is 13.6 Å². The van der Waals surface area contributed by atoms with Crippen molar-refractivity contribution in [1.29, 1.82) is 0 Å². The van der Waals surface area contributed by atoms with E-state index in [1.807, 2.05) is 0 Å². The van der Waals surface area contributed by atoms with E-state index in [-0.39, 0.29) is 0 Å². The summed E-state index contributed by atoms with van der Waals surface area (Å²) >= 11 is 0.942. The molecule has 0 saturated heterocycles. The maximum Gasteiger partial charge on any atom is 0.375 e. The van der Waals surface area contributed by atoms with Crippen LogP contribution in [0.5, 0.6) is 0 Å². The first kappa shape index (κ1) is 12.6. The monoisotopic (exact) mass is 213 g/mol. The van der Waals surface area contributed by atoms with Crippen molar-refractivity contribution in [2.24, 2.45) is 5.73 Å². The van der Waals surface area contributed by atoms with E-state index in [0.717, 1.165) is 24.6 Å². The molecule has 3 nitrogen and oxygen atoms in total. The average molecular weight is 213 g/mol.